The number of carboxylic acids is 1. The average Bonchev–Trinajstić information content (AvgIpc) is 1.86. The number of rotatable bonds is 1. The van der Waals surface area contributed by atoms with Gasteiger partial charge in [-0.05, 0) is 18.8 Å². The summed E-state index contributed by atoms with van der Waals surface area (Å²) in [6.07, 6.45) is -0.526. The molecule has 1 saturated carbocycles. The molecule has 0 aromatic rings. The zero-order valence-electron chi connectivity index (χ0n) is 5.98. The number of halogens is 2. The van der Waals surface area contributed by atoms with E-state index in [2.05, 4.69) is 0 Å². The SMILES string of the molecule is O=C([O-])C1CCC(F)(F)CC1. The van der Waals surface area contributed by atoms with Crippen molar-refractivity contribution in [2.24, 2.45) is 5.92 Å². The lowest BCUT2D eigenvalue weighted by Crippen LogP contribution is -2.36. The third-order valence-corrected chi connectivity index (χ3v) is 2.05. The van der Waals surface area contributed by atoms with E-state index in [1.54, 1.807) is 0 Å². The smallest absolute Gasteiger partial charge is 0.248 e. The highest BCUT2D eigenvalue weighted by Gasteiger charge is 2.35. The van der Waals surface area contributed by atoms with Gasteiger partial charge in [-0.2, -0.15) is 0 Å². The fraction of sp³-hybridized carbons (Fsp3) is 0.857. The molecule has 2 nitrogen and oxygen atoms in total. The molecule has 0 spiro atoms. The van der Waals surface area contributed by atoms with E-state index in [1.807, 2.05) is 0 Å². The van der Waals surface area contributed by atoms with Gasteiger partial charge in [-0.15, -0.1) is 0 Å². The molecule has 0 aromatic heterocycles. The van der Waals surface area contributed by atoms with Crippen molar-refractivity contribution < 1.29 is 18.7 Å². The monoisotopic (exact) mass is 163 g/mol. The van der Waals surface area contributed by atoms with Crippen LogP contribution in [0.15, 0.2) is 0 Å². The minimum atomic E-state index is -2.65. The number of hydrogen-bond acceptors (Lipinski definition) is 2. The first-order valence-corrected chi connectivity index (χ1v) is 3.60. The maximum atomic E-state index is 12.4. The third-order valence-electron chi connectivity index (χ3n) is 2.05. The molecule has 1 aliphatic carbocycles. The van der Waals surface area contributed by atoms with Crippen LogP contribution in [0.5, 0.6) is 0 Å². The first-order chi connectivity index (χ1) is 5.01. The average molecular weight is 163 g/mol. The van der Waals surface area contributed by atoms with Crippen LogP contribution >= 0.6 is 0 Å². The molecule has 11 heavy (non-hydrogen) atoms. The molecule has 1 fully saturated rings. The second kappa shape index (κ2) is 2.75. The van der Waals surface area contributed by atoms with E-state index in [1.165, 1.54) is 0 Å². The molecule has 0 heterocycles. The standard InChI is InChI=1S/C7H10F2O2/c8-7(9)3-1-5(2-4-7)6(10)11/h5H,1-4H2,(H,10,11)/p-1. The lowest BCUT2D eigenvalue weighted by Gasteiger charge is -2.28. The lowest BCUT2D eigenvalue weighted by atomic mass is 9.87. The van der Waals surface area contributed by atoms with Gasteiger partial charge in [-0.3, -0.25) is 0 Å². The summed E-state index contributed by atoms with van der Waals surface area (Å²) in [5, 5.41) is 10.2. The van der Waals surface area contributed by atoms with E-state index in [9.17, 15) is 18.7 Å². The Bertz CT molecular complexity index is 158. The van der Waals surface area contributed by atoms with E-state index < -0.39 is 17.8 Å². The van der Waals surface area contributed by atoms with Crippen molar-refractivity contribution in [3.05, 3.63) is 0 Å². The Kier molecular flexibility index (Phi) is 2.11. The summed E-state index contributed by atoms with van der Waals surface area (Å²) >= 11 is 0. The first kappa shape index (κ1) is 8.43. The van der Waals surface area contributed by atoms with Gasteiger partial charge in [-0.25, -0.2) is 8.78 Å². The summed E-state index contributed by atoms with van der Waals surface area (Å²) in [6, 6.07) is 0. The fourth-order valence-electron chi connectivity index (χ4n) is 1.28. The predicted molar refractivity (Wildman–Crippen MR) is 31.9 cm³/mol. The minimum Gasteiger partial charge on any atom is -0.550 e. The van der Waals surface area contributed by atoms with Gasteiger partial charge in [-0.1, -0.05) is 0 Å². The molecule has 64 valence electrons. The number of aliphatic carboxylic acids is 1. The number of carboxylic acid groups (broad SMARTS) is 1. The Morgan fingerprint density at radius 1 is 1.36 bits per heavy atom. The van der Waals surface area contributed by atoms with Crippen LogP contribution in [0.25, 0.3) is 0 Å². The van der Waals surface area contributed by atoms with Crippen molar-refractivity contribution >= 4 is 5.97 Å². The third kappa shape index (κ3) is 2.13. The molecule has 0 amide bonds. The van der Waals surface area contributed by atoms with Crippen LogP contribution < -0.4 is 5.11 Å². The molecule has 1 aliphatic rings. The summed E-state index contributed by atoms with van der Waals surface area (Å²) < 4.78 is 24.9. The van der Waals surface area contributed by atoms with Gasteiger partial charge in [0.25, 0.3) is 0 Å². The summed E-state index contributed by atoms with van der Waals surface area (Å²) in [5.41, 5.74) is 0. The fourth-order valence-corrected chi connectivity index (χ4v) is 1.28. The largest absolute Gasteiger partial charge is 0.550 e. The second-order valence-corrected chi connectivity index (χ2v) is 2.95. The van der Waals surface area contributed by atoms with E-state index in [4.69, 9.17) is 0 Å². The van der Waals surface area contributed by atoms with Crippen molar-refractivity contribution in [3.8, 4) is 0 Å². The van der Waals surface area contributed by atoms with Crippen molar-refractivity contribution in [1.29, 1.82) is 0 Å². The van der Waals surface area contributed by atoms with E-state index >= 15 is 0 Å². The quantitative estimate of drug-likeness (QED) is 0.566. The summed E-state index contributed by atoms with van der Waals surface area (Å²) in [5.74, 6) is -4.50. The van der Waals surface area contributed by atoms with Crippen LogP contribution in [0.3, 0.4) is 0 Å². The van der Waals surface area contributed by atoms with Gasteiger partial charge in [0.15, 0.2) is 0 Å². The Morgan fingerprint density at radius 3 is 2.18 bits per heavy atom. The second-order valence-electron chi connectivity index (χ2n) is 2.95. The number of alkyl halides is 2. The molecule has 0 N–H and O–H groups in total. The van der Waals surface area contributed by atoms with Gasteiger partial charge >= 0.3 is 0 Å². The molecule has 0 unspecified atom stereocenters. The highest BCUT2D eigenvalue weighted by atomic mass is 19.3. The normalized spacial score (nSPS) is 24.9. The number of carbonyl (C=O) groups is 1. The molecule has 0 bridgehead atoms. The van der Waals surface area contributed by atoms with Crippen LogP contribution in [0, 0.1) is 5.92 Å². The number of hydrogen-bond donors (Lipinski definition) is 0. The highest BCUT2D eigenvalue weighted by Crippen LogP contribution is 2.35. The van der Waals surface area contributed by atoms with Gasteiger partial charge in [0.2, 0.25) is 5.92 Å². The van der Waals surface area contributed by atoms with Gasteiger partial charge in [0.1, 0.15) is 0 Å². The summed E-state index contributed by atoms with van der Waals surface area (Å²) in [7, 11) is 0. The first-order valence-electron chi connectivity index (χ1n) is 3.60. The number of carbonyl (C=O) groups excluding carboxylic acids is 1. The van der Waals surface area contributed by atoms with Gasteiger partial charge in [0.05, 0.1) is 0 Å². The molecule has 0 saturated heterocycles. The molecule has 0 radical (unpaired) electrons. The van der Waals surface area contributed by atoms with Crippen molar-refractivity contribution in [3.63, 3.8) is 0 Å². The zero-order chi connectivity index (χ0) is 8.48. The van der Waals surface area contributed by atoms with Crippen LogP contribution in [0.2, 0.25) is 0 Å². The molecule has 4 heteroatoms. The van der Waals surface area contributed by atoms with Crippen molar-refractivity contribution in [2.75, 3.05) is 0 Å². The van der Waals surface area contributed by atoms with Gasteiger partial charge < -0.3 is 9.90 Å². The van der Waals surface area contributed by atoms with Crippen LogP contribution in [0.1, 0.15) is 25.7 Å². The predicted octanol–water partition coefficient (Wildman–Crippen LogP) is 0.562. The van der Waals surface area contributed by atoms with Gasteiger partial charge in [0, 0.05) is 18.8 Å². The molecular formula is C7H9F2O2-. The Morgan fingerprint density at radius 2 is 1.82 bits per heavy atom. The topological polar surface area (TPSA) is 40.1 Å². The van der Waals surface area contributed by atoms with Crippen LogP contribution in [-0.4, -0.2) is 11.9 Å². The Labute approximate surface area is 63.2 Å². The van der Waals surface area contributed by atoms with E-state index in [-0.39, 0.29) is 25.7 Å². The molecule has 0 aromatic carbocycles. The molecule has 0 atom stereocenters. The van der Waals surface area contributed by atoms with Crippen LogP contribution in [0.4, 0.5) is 8.78 Å². The Balaban J connectivity index is 2.42. The van der Waals surface area contributed by atoms with E-state index in [0.29, 0.717) is 0 Å². The van der Waals surface area contributed by atoms with Crippen LogP contribution in [-0.2, 0) is 4.79 Å². The summed E-state index contributed by atoms with van der Waals surface area (Å²) in [6.45, 7) is 0. The molecule has 0 aliphatic heterocycles. The zero-order valence-corrected chi connectivity index (χ0v) is 5.98. The minimum absolute atomic E-state index is 0.0509. The van der Waals surface area contributed by atoms with Crippen molar-refractivity contribution in [2.45, 2.75) is 31.6 Å². The summed E-state index contributed by atoms with van der Waals surface area (Å²) in [4.78, 5) is 10.2. The van der Waals surface area contributed by atoms with E-state index in [0.717, 1.165) is 0 Å². The maximum absolute atomic E-state index is 12.4. The molecule has 1 rings (SSSR count). The molecular weight excluding hydrogens is 154 g/mol. The maximum Gasteiger partial charge on any atom is 0.248 e. The Hall–Kier alpha value is -0.670. The highest BCUT2D eigenvalue weighted by molar-refractivity contribution is 5.67. The lowest BCUT2D eigenvalue weighted by molar-refractivity contribution is -0.313. The van der Waals surface area contributed by atoms with Crippen molar-refractivity contribution in [1.82, 2.24) is 0 Å².